The number of benzene rings is 1. The number of rotatable bonds is 4. The van der Waals surface area contributed by atoms with Crippen molar-refractivity contribution in [2.75, 3.05) is 32.8 Å². The van der Waals surface area contributed by atoms with Crippen LogP contribution in [0.15, 0.2) is 48.8 Å². The number of nitrogens with zero attached hydrogens (tertiary/aromatic N) is 2. The third-order valence-electron chi connectivity index (χ3n) is 4.09. The fourth-order valence-electron chi connectivity index (χ4n) is 2.76. The Morgan fingerprint density at radius 1 is 1.00 bits per heavy atom. The van der Waals surface area contributed by atoms with Crippen molar-refractivity contribution < 1.29 is 14.3 Å². The van der Waals surface area contributed by atoms with E-state index in [4.69, 9.17) is 4.74 Å². The number of aromatic nitrogens is 1. The Hall–Kier alpha value is -2.76. The van der Waals surface area contributed by atoms with E-state index in [0.717, 1.165) is 6.42 Å². The Morgan fingerprint density at radius 2 is 1.75 bits per heavy atom. The van der Waals surface area contributed by atoms with E-state index in [9.17, 15) is 9.59 Å². The van der Waals surface area contributed by atoms with Gasteiger partial charge in [-0.05, 0) is 24.6 Å². The lowest BCUT2D eigenvalue weighted by Crippen LogP contribution is -2.39. The Bertz CT molecular complexity index is 670. The number of carbonyl (C=O) groups is 2. The van der Waals surface area contributed by atoms with Crippen molar-refractivity contribution in [1.29, 1.82) is 0 Å². The van der Waals surface area contributed by atoms with Crippen molar-refractivity contribution in [2.45, 2.75) is 6.42 Å². The molecule has 24 heavy (non-hydrogen) atoms. The molecule has 0 spiro atoms. The fraction of sp³-hybridized carbons (Fsp3) is 0.333. The zero-order chi connectivity index (χ0) is 16.8. The lowest BCUT2D eigenvalue weighted by Gasteiger charge is -2.22. The minimum Gasteiger partial charge on any atom is -0.484 e. The molecule has 1 aliphatic rings. The van der Waals surface area contributed by atoms with E-state index in [1.807, 2.05) is 30.3 Å². The van der Waals surface area contributed by atoms with Crippen molar-refractivity contribution in [3.63, 3.8) is 0 Å². The van der Waals surface area contributed by atoms with Crippen molar-refractivity contribution in [1.82, 2.24) is 14.8 Å². The summed E-state index contributed by atoms with van der Waals surface area (Å²) in [6.07, 6.45) is 4.21. The summed E-state index contributed by atoms with van der Waals surface area (Å²) < 4.78 is 5.52. The van der Waals surface area contributed by atoms with E-state index in [1.54, 1.807) is 28.3 Å². The third kappa shape index (κ3) is 3.95. The van der Waals surface area contributed by atoms with E-state index >= 15 is 0 Å². The van der Waals surface area contributed by atoms with Gasteiger partial charge in [-0.3, -0.25) is 9.59 Å². The van der Waals surface area contributed by atoms with Crippen LogP contribution in [-0.4, -0.2) is 59.4 Å². The normalized spacial score (nSPS) is 15.0. The number of ether oxygens (including phenoxy) is 1. The van der Waals surface area contributed by atoms with Gasteiger partial charge in [-0.25, -0.2) is 0 Å². The van der Waals surface area contributed by atoms with Gasteiger partial charge in [0.2, 0.25) is 0 Å². The van der Waals surface area contributed by atoms with Gasteiger partial charge in [0.05, 0.1) is 5.56 Å². The molecule has 1 fully saturated rings. The molecule has 0 bridgehead atoms. The second kappa shape index (κ2) is 7.68. The molecule has 6 heteroatoms. The number of carbonyl (C=O) groups excluding carboxylic acids is 2. The molecule has 1 N–H and O–H groups in total. The molecule has 0 saturated carbocycles. The lowest BCUT2D eigenvalue weighted by molar-refractivity contribution is -0.133. The third-order valence-corrected chi connectivity index (χ3v) is 4.09. The number of amides is 2. The fourth-order valence-corrected chi connectivity index (χ4v) is 2.76. The Kier molecular flexibility index (Phi) is 5.15. The molecule has 0 aliphatic carbocycles. The van der Waals surface area contributed by atoms with Crippen LogP contribution in [0.5, 0.6) is 5.75 Å². The number of hydrogen-bond donors (Lipinski definition) is 1. The maximum absolute atomic E-state index is 12.4. The largest absolute Gasteiger partial charge is 0.484 e. The van der Waals surface area contributed by atoms with Crippen molar-refractivity contribution in [2.24, 2.45) is 0 Å². The molecule has 6 nitrogen and oxygen atoms in total. The molecule has 1 aliphatic heterocycles. The first-order chi connectivity index (χ1) is 11.7. The molecule has 1 aromatic heterocycles. The van der Waals surface area contributed by atoms with Gasteiger partial charge >= 0.3 is 0 Å². The van der Waals surface area contributed by atoms with E-state index in [0.29, 0.717) is 37.5 Å². The zero-order valence-corrected chi connectivity index (χ0v) is 13.5. The SMILES string of the molecule is O=C(COc1ccccc1)N1CCCN(C(=O)c2cc[nH]c2)CC1. The maximum Gasteiger partial charge on any atom is 0.260 e. The van der Waals surface area contributed by atoms with Crippen LogP contribution in [0.1, 0.15) is 16.8 Å². The number of hydrogen-bond acceptors (Lipinski definition) is 3. The van der Waals surface area contributed by atoms with E-state index in [2.05, 4.69) is 4.98 Å². The summed E-state index contributed by atoms with van der Waals surface area (Å²) in [5, 5.41) is 0. The van der Waals surface area contributed by atoms with Gasteiger partial charge in [0.25, 0.3) is 11.8 Å². The van der Waals surface area contributed by atoms with E-state index in [1.165, 1.54) is 0 Å². The molecule has 2 aromatic rings. The number of para-hydroxylation sites is 1. The van der Waals surface area contributed by atoms with Crippen LogP contribution in [0, 0.1) is 0 Å². The van der Waals surface area contributed by atoms with Crippen LogP contribution in [0.2, 0.25) is 0 Å². The van der Waals surface area contributed by atoms with E-state index < -0.39 is 0 Å². The maximum atomic E-state index is 12.4. The zero-order valence-electron chi connectivity index (χ0n) is 13.5. The Labute approximate surface area is 141 Å². The van der Waals surface area contributed by atoms with Gasteiger partial charge in [-0.1, -0.05) is 18.2 Å². The van der Waals surface area contributed by atoms with Gasteiger partial charge in [0.1, 0.15) is 5.75 Å². The summed E-state index contributed by atoms with van der Waals surface area (Å²) in [7, 11) is 0. The van der Waals surface area contributed by atoms with Crippen LogP contribution in [0.3, 0.4) is 0 Å². The summed E-state index contributed by atoms with van der Waals surface area (Å²) in [5.41, 5.74) is 0.655. The predicted molar refractivity (Wildman–Crippen MR) is 89.8 cm³/mol. The number of H-pyrrole nitrogens is 1. The summed E-state index contributed by atoms with van der Waals surface area (Å²) in [6.45, 7) is 2.41. The second-order valence-electron chi connectivity index (χ2n) is 5.73. The number of nitrogens with one attached hydrogen (secondary N) is 1. The summed E-state index contributed by atoms with van der Waals surface area (Å²) >= 11 is 0. The number of aromatic amines is 1. The second-order valence-corrected chi connectivity index (χ2v) is 5.73. The molecule has 0 unspecified atom stereocenters. The molecule has 0 radical (unpaired) electrons. The first-order valence-electron chi connectivity index (χ1n) is 8.12. The van der Waals surface area contributed by atoms with Crippen LogP contribution < -0.4 is 4.74 Å². The summed E-state index contributed by atoms with van der Waals surface area (Å²) in [4.78, 5) is 31.2. The quantitative estimate of drug-likeness (QED) is 0.931. The molecular formula is C18H21N3O3. The van der Waals surface area contributed by atoms with Crippen LogP contribution in [0.25, 0.3) is 0 Å². The van der Waals surface area contributed by atoms with Crippen LogP contribution in [-0.2, 0) is 4.79 Å². The minimum absolute atomic E-state index is 0.00563. The molecular weight excluding hydrogens is 306 g/mol. The highest BCUT2D eigenvalue weighted by atomic mass is 16.5. The Morgan fingerprint density at radius 3 is 2.50 bits per heavy atom. The molecule has 3 rings (SSSR count). The summed E-state index contributed by atoms with van der Waals surface area (Å²) in [6, 6.07) is 11.1. The first-order valence-corrected chi connectivity index (χ1v) is 8.12. The van der Waals surface area contributed by atoms with Gasteiger partial charge < -0.3 is 19.5 Å². The highest BCUT2D eigenvalue weighted by Crippen LogP contribution is 2.11. The average molecular weight is 327 g/mol. The smallest absolute Gasteiger partial charge is 0.260 e. The topological polar surface area (TPSA) is 65.6 Å². The predicted octanol–water partition coefficient (Wildman–Crippen LogP) is 1.77. The lowest BCUT2D eigenvalue weighted by atomic mass is 10.3. The van der Waals surface area contributed by atoms with Crippen molar-refractivity contribution >= 4 is 11.8 Å². The molecule has 1 aromatic carbocycles. The van der Waals surface area contributed by atoms with Crippen LogP contribution >= 0.6 is 0 Å². The highest BCUT2D eigenvalue weighted by Gasteiger charge is 2.23. The van der Waals surface area contributed by atoms with Gasteiger partial charge in [0.15, 0.2) is 6.61 Å². The molecule has 0 atom stereocenters. The Balaban J connectivity index is 1.51. The first kappa shape index (κ1) is 16.1. The molecule has 126 valence electrons. The van der Waals surface area contributed by atoms with Crippen molar-refractivity contribution in [3.8, 4) is 5.75 Å². The minimum atomic E-state index is -0.0465. The van der Waals surface area contributed by atoms with Gasteiger partial charge in [-0.15, -0.1) is 0 Å². The van der Waals surface area contributed by atoms with Crippen molar-refractivity contribution in [3.05, 3.63) is 54.4 Å². The molecule has 2 heterocycles. The van der Waals surface area contributed by atoms with E-state index in [-0.39, 0.29) is 18.4 Å². The average Bonchev–Trinajstić information content (AvgIpc) is 3.04. The molecule has 2 amide bonds. The van der Waals surface area contributed by atoms with Gasteiger partial charge in [-0.2, -0.15) is 0 Å². The molecule has 1 saturated heterocycles. The highest BCUT2D eigenvalue weighted by molar-refractivity contribution is 5.94. The van der Waals surface area contributed by atoms with Gasteiger partial charge in [0, 0.05) is 38.6 Å². The monoisotopic (exact) mass is 327 g/mol. The summed E-state index contributed by atoms with van der Waals surface area (Å²) in [5.74, 6) is 0.644. The van der Waals surface area contributed by atoms with Crippen LogP contribution in [0.4, 0.5) is 0 Å². The standard InChI is InChI=1S/C18H21N3O3/c22-17(14-24-16-5-2-1-3-6-16)20-9-4-10-21(12-11-20)18(23)15-7-8-19-13-15/h1-3,5-8,13,19H,4,9-12,14H2.